The molecular formula is C19H27N3O3. The molecule has 0 spiro atoms. The highest BCUT2D eigenvalue weighted by molar-refractivity contribution is 5.92. The molecule has 0 atom stereocenters. The number of morpholine rings is 1. The normalized spacial score (nSPS) is 16.0. The summed E-state index contributed by atoms with van der Waals surface area (Å²) >= 11 is 0. The maximum absolute atomic E-state index is 12.1. The molecule has 1 aromatic rings. The molecule has 2 N–H and O–H groups in total. The highest BCUT2D eigenvalue weighted by Crippen LogP contribution is 2.15. The standard InChI is InChI=1S/C19H27N3O3/c1-15(23)21-17-7-4-16(5-8-17)6-9-18(24)20-14-19(2,3)22-10-12-25-13-11-22/h4-9H,10-14H2,1-3H3,(H,20,24)(H,21,23)/b9-6+. The Kier molecular flexibility index (Phi) is 6.73. The summed E-state index contributed by atoms with van der Waals surface area (Å²) in [6.07, 6.45) is 3.29. The van der Waals surface area contributed by atoms with Gasteiger partial charge in [0.2, 0.25) is 11.8 Å². The number of rotatable bonds is 6. The number of nitrogens with one attached hydrogen (secondary N) is 2. The molecule has 0 saturated carbocycles. The molecule has 0 radical (unpaired) electrons. The van der Waals surface area contributed by atoms with Crippen molar-refractivity contribution in [2.75, 3.05) is 38.2 Å². The van der Waals surface area contributed by atoms with Crippen LogP contribution in [-0.4, -0.2) is 55.1 Å². The molecular weight excluding hydrogens is 318 g/mol. The summed E-state index contributed by atoms with van der Waals surface area (Å²) in [5.41, 5.74) is 1.53. The number of carbonyl (C=O) groups is 2. The van der Waals surface area contributed by atoms with Crippen molar-refractivity contribution in [1.29, 1.82) is 0 Å². The number of benzene rings is 1. The van der Waals surface area contributed by atoms with E-state index >= 15 is 0 Å². The zero-order chi connectivity index (χ0) is 18.3. The molecule has 25 heavy (non-hydrogen) atoms. The minimum atomic E-state index is -0.118. The Morgan fingerprint density at radius 3 is 2.44 bits per heavy atom. The molecule has 6 heteroatoms. The van der Waals surface area contributed by atoms with Gasteiger partial charge in [-0.25, -0.2) is 0 Å². The molecule has 0 aromatic heterocycles. The zero-order valence-corrected chi connectivity index (χ0v) is 15.2. The highest BCUT2D eigenvalue weighted by atomic mass is 16.5. The van der Waals surface area contributed by atoms with E-state index in [2.05, 4.69) is 29.4 Å². The fourth-order valence-corrected chi connectivity index (χ4v) is 2.70. The molecule has 1 aliphatic heterocycles. The van der Waals surface area contributed by atoms with Crippen molar-refractivity contribution in [1.82, 2.24) is 10.2 Å². The number of anilines is 1. The minimum Gasteiger partial charge on any atom is -0.379 e. The molecule has 1 aromatic carbocycles. The SMILES string of the molecule is CC(=O)Nc1ccc(/C=C/C(=O)NCC(C)(C)N2CCOCC2)cc1. The molecule has 136 valence electrons. The summed E-state index contributed by atoms with van der Waals surface area (Å²) in [6, 6.07) is 7.32. The summed E-state index contributed by atoms with van der Waals surface area (Å²) in [4.78, 5) is 25.4. The van der Waals surface area contributed by atoms with E-state index in [0.29, 0.717) is 6.54 Å². The van der Waals surface area contributed by atoms with E-state index in [9.17, 15) is 9.59 Å². The zero-order valence-electron chi connectivity index (χ0n) is 15.2. The van der Waals surface area contributed by atoms with E-state index in [-0.39, 0.29) is 17.4 Å². The summed E-state index contributed by atoms with van der Waals surface area (Å²) in [5, 5.41) is 5.67. The predicted molar refractivity (Wildman–Crippen MR) is 99.3 cm³/mol. The number of ether oxygens (including phenoxy) is 1. The third kappa shape index (κ3) is 6.32. The molecule has 1 heterocycles. The summed E-state index contributed by atoms with van der Waals surface area (Å²) < 4.78 is 5.37. The Morgan fingerprint density at radius 1 is 1.20 bits per heavy atom. The van der Waals surface area contributed by atoms with Crippen molar-refractivity contribution in [3.63, 3.8) is 0 Å². The number of hydrogen-bond donors (Lipinski definition) is 2. The molecule has 2 rings (SSSR count). The van der Waals surface area contributed by atoms with Crippen molar-refractivity contribution in [2.45, 2.75) is 26.3 Å². The largest absolute Gasteiger partial charge is 0.379 e. The van der Waals surface area contributed by atoms with Gasteiger partial charge in [-0.05, 0) is 37.6 Å². The average molecular weight is 345 g/mol. The van der Waals surface area contributed by atoms with Crippen molar-refractivity contribution in [3.05, 3.63) is 35.9 Å². The van der Waals surface area contributed by atoms with Gasteiger partial charge in [0.25, 0.3) is 0 Å². The summed E-state index contributed by atoms with van der Waals surface area (Å²) in [7, 11) is 0. The van der Waals surface area contributed by atoms with E-state index < -0.39 is 0 Å². The van der Waals surface area contributed by atoms with Crippen LogP contribution in [-0.2, 0) is 14.3 Å². The van der Waals surface area contributed by atoms with Crippen LogP contribution in [0.5, 0.6) is 0 Å². The average Bonchev–Trinajstić information content (AvgIpc) is 2.60. The van der Waals surface area contributed by atoms with Crippen molar-refractivity contribution in [3.8, 4) is 0 Å². The van der Waals surface area contributed by atoms with Gasteiger partial charge in [-0.3, -0.25) is 14.5 Å². The second kappa shape index (κ2) is 8.78. The van der Waals surface area contributed by atoms with Gasteiger partial charge in [0.05, 0.1) is 13.2 Å². The third-order valence-electron chi connectivity index (χ3n) is 4.22. The van der Waals surface area contributed by atoms with E-state index in [1.165, 1.54) is 13.0 Å². The molecule has 2 amide bonds. The van der Waals surface area contributed by atoms with Crippen LogP contribution in [0.3, 0.4) is 0 Å². The quantitative estimate of drug-likeness (QED) is 0.773. The van der Waals surface area contributed by atoms with Crippen LogP contribution in [0.4, 0.5) is 5.69 Å². The van der Waals surface area contributed by atoms with Gasteiger partial charge in [-0.1, -0.05) is 12.1 Å². The smallest absolute Gasteiger partial charge is 0.244 e. The van der Waals surface area contributed by atoms with Crippen LogP contribution in [0, 0.1) is 0 Å². The molecule has 6 nitrogen and oxygen atoms in total. The second-order valence-corrected chi connectivity index (χ2v) is 6.77. The maximum atomic E-state index is 12.1. The molecule has 0 aliphatic carbocycles. The molecule has 0 bridgehead atoms. The highest BCUT2D eigenvalue weighted by Gasteiger charge is 2.28. The van der Waals surface area contributed by atoms with Crippen LogP contribution < -0.4 is 10.6 Å². The number of hydrogen-bond acceptors (Lipinski definition) is 4. The molecule has 1 aliphatic rings. The Balaban J connectivity index is 1.82. The molecule has 0 unspecified atom stereocenters. The number of carbonyl (C=O) groups excluding carboxylic acids is 2. The number of nitrogens with zero attached hydrogens (tertiary/aromatic N) is 1. The van der Waals surface area contributed by atoms with Crippen LogP contribution >= 0.6 is 0 Å². The van der Waals surface area contributed by atoms with Gasteiger partial charge in [0.1, 0.15) is 0 Å². The Labute approximate surface area is 149 Å². The van der Waals surface area contributed by atoms with Crippen LogP contribution in [0.25, 0.3) is 6.08 Å². The van der Waals surface area contributed by atoms with Crippen molar-refractivity contribution >= 4 is 23.6 Å². The number of amides is 2. The summed E-state index contributed by atoms with van der Waals surface area (Å²) in [5.74, 6) is -0.224. The minimum absolute atomic E-state index is 0.104. The first-order valence-electron chi connectivity index (χ1n) is 8.53. The van der Waals surface area contributed by atoms with E-state index in [1.807, 2.05) is 12.1 Å². The van der Waals surface area contributed by atoms with E-state index in [4.69, 9.17) is 4.74 Å². The Hall–Kier alpha value is -2.18. The first kappa shape index (κ1) is 19.1. The topological polar surface area (TPSA) is 70.7 Å². The van der Waals surface area contributed by atoms with Crippen LogP contribution in [0.2, 0.25) is 0 Å². The van der Waals surface area contributed by atoms with E-state index in [1.54, 1.807) is 18.2 Å². The lowest BCUT2D eigenvalue weighted by atomic mass is 10.0. The molecule has 1 fully saturated rings. The lowest BCUT2D eigenvalue weighted by molar-refractivity contribution is -0.117. The van der Waals surface area contributed by atoms with Gasteiger partial charge >= 0.3 is 0 Å². The lowest BCUT2D eigenvalue weighted by Crippen LogP contribution is -2.55. The third-order valence-corrected chi connectivity index (χ3v) is 4.22. The van der Waals surface area contributed by atoms with Crippen LogP contribution in [0.1, 0.15) is 26.3 Å². The Bertz CT molecular complexity index is 617. The summed E-state index contributed by atoms with van der Waals surface area (Å²) in [6.45, 7) is 9.57. The van der Waals surface area contributed by atoms with Gasteiger partial charge in [0.15, 0.2) is 0 Å². The molecule has 1 saturated heterocycles. The van der Waals surface area contributed by atoms with Gasteiger partial charge in [-0.2, -0.15) is 0 Å². The van der Waals surface area contributed by atoms with Gasteiger partial charge < -0.3 is 15.4 Å². The predicted octanol–water partition coefficient (Wildman–Crippen LogP) is 1.89. The fourth-order valence-electron chi connectivity index (χ4n) is 2.70. The first-order chi connectivity index (χ1) is 11.9. The first-order valence-corrected chi connectivity index (χ1v) is 8.53. The monoisotopic (exact) mass is 345 g/mol. The maximum Gasteiger partial charge on any atom is 0.244 e. The second-order valence-electron chi connectivity index (χ2n) is 6.77. The van der Waals surface area contributed by atoms with E-state index in [0.717, 1.165) is 37.6 Å². The lowest BCUT2D eigenvalue weighted by Gasteiger charge is -2.40. The Morgan fingerprint density at radius 2 is 1.84 bits per heavy atom. The van der Waals surface area contributed by atoms with Crippen LogP contribution in [0.15, 0.2) is 30.3 Å². The van der Waals surface area contributed by atoms with Gasteiger partial charge in [-0.15, -0.1) is 0 Å². The van der Waals surface area contributed by atoms with Crippen molar-refractivity contribution < 1.29 is 14.3 Å². The van der Waals surface area contributed by atoms with Crippen molar-refractivity contribution in [2.24, 2.45) is 0 Å². The fraction of sp³-hybridized carbons (Fsp3) is 0.474. The van der Waals surface area contributed by atoms with Gasteiger partial charge in [0, 0.05) is 43.9 Å².